The van der Waals surface area contributed by atoms with Gasteiger partial charge in [0.1, 0.15) is 6.61 Å². The molecule has 2 aromatic rings. The van der Waals surface area contributed by atoms with Crippen LogP contribution in [0.15, 0.2) is 59.5 Å². The Morgan fingerprint density at radius 2 is 1.77 bits per heavy atom. The number of hydrogen-bond acceptors (Lipinski definition) is 4. The molecule has 0 unspecified atom stereocenters. The molecule has 1 aliphatic heterocycles. The average Bonchev–Trinajstić information content (AvgIpc) is 2.67. The van der Waals surface area contributed by atoms with Crippen LogP contribution in [0.25, 0.3) is 0 Å². The summed E-state index contributed by atoms with van der Waals surface area (Å²) in [6, 6.07) is 16.0. The maximum Gasteiger partial charge on any atom is 0.253 e. The summed E-state index contributed by atoms with van der Waals surface area (Å²) in [6.07, 6.45) is 0. The average molecular weight is 374 g/mol. The molecule has 26 heavy (non-hydrogen) atoms. The fourth-order valence-corrected chi connectivity index (χ4v) is 4.33. The first-order valence-corrected chi connectivity index (χ1v) is 9.98. The SMILES string of the molecule is CCN(Cc1ccccc1)S(=O)(=O)c1ccc(N2CCOCC2=O)cc1. The third-order valence-electron chi connectivity index (χ3n) is 4.33. The molecule has 0 spiro atoms. The highest BCUT2D eigenvalue weighted by atomic mass is 32.2. The van der Waals surface area contributed by atoms with Crippen LogP contribution in [0.5, 0.6) is 0 Å². The molecular formula is C19H22N2O4S. The van der Waals surface area contributed by atoms with E-state index in [2.05, 4.69) is 0 Å². The van der Waals surface area contributed by atoms with Gasteiger partial charge in [-0.3, -0.25) is 4.79 Å². The molecule has 138 valence electrons. The predicted molar refractivity (Wildman–Crippen MR) is 99.3 cm³/mol. The number of morpholine rings is 1. The lowest BCUT2D eigenvalue weighted by molar-refractivity contribution is -0.125. The highest BCUT2D eigenvalue weighted by molar-refractivity contribution is 7.89. The molecule has 0 N–H and O–H groups in total. The molecule has 2 aromatic carbocycles. The first kappa shape index (κ1) is 18.6. The van der Waals surface area contributed by atoms with E-state index in [9.17, 15) is 13.2 Å². The number of anilines is 1. The summed E-state index contributed by atoms with van der Waals surface area (Å²) in [4.78, 5) is 13.7. The maximum atomic E-state index is 12.9. The van der Waals surface area contributed by atoms with Crippen molar-refractivity contribution in [3.05, 3.63) is 60.2 Å². The largest absolute Gasteiger partial charge is 0.370 e. The summed E-state index contributed by atoms with van der Waals surface area (Å²) in [7, 11) is -3.61. The van der Waals surface area contributed by atoms with Crippen molar-refractivity contribution in [1.82, 2.24) is 4.31 Å². The van der Waals surface area contributed by atoms with Crippen LogP contribution in [0.3, 0.4) is 0 Å². The van der Waals surface area contributed by atoms with Crippen molar-refractivity contribution in [1.29, 1.82) is 0 Å². The summed E-state index contributed by atoms with van der Waals surface area (Å²) in [5.74, 6) is -0.119. The zero-order valence-corrected chi connectivity index (χ0v) is 15.5. The summed E-state index contributed by atoms with van der Waals surface area (Å²) >= 11 is 0. The monoisotopic (exact) mass is 374 g/mol. The maximum absolute atomic E-state index is 12.9. The van der Waals surface area contributed by atoms with Crippen molar-refractivity contribution >= 4 is 21.6 Å². The summed E-state index contributed by atoms with van der Waals surface area (Å²) in [6.45, 7) is 3.53. The molecule has 1 aliphatic rings. The van der Waals surface area contributed by atoms with E-state index in [1.165, 1.54) is 4.31 Å². The molecule has 0 bridgehead atoms. The first-order valence-electron chi connectivity index (χ1n) is 8.54. The smallest absolute Gasteiger partial charge is 0.253 e. The second kappa shape index (κ2) is 7.99. The molecule has 7 heteroatoms. The van der Waals surface area contributed by atoms with E-state index < -0.39 is 10.0 Å². The van der Waals surface area contributed by atoms with Crippen LogP contribution in [0, 0.1) is 0 Å². The molecule has 0 radical (unpaired) electrons. The summed E-state index contributed by atoms with van der Waals surface area (Å²) in [5.41, 5.74) is 1.62. The highest BCUT2D eigenvalue weighted by Crippen LogP contribution is 2.23. The standard InChI is InChI=1S/C19H22N2O4S/c1-2-20(14-16-6-4-3-5-7-16)26(23,24)18-10-8-17(9-11-18)21-12-13-25-15-19(21)22/h3-11H,2,12-15H2,1H3. The van der Waals surface area contributed by atoms with Crippen molar-refractivity contribution in [3.8, 4) is 0 Å². The number of amides is 1. The van der Waals surface area contributed by atoms with Gasteiger partial charge in [0.15, 0.2) is 0 Å². The van der Waals surface area contributed by atoms with Gasteiger partial charge in [0.25, 0.3) is 5.91 Å². The van der Waals surface area contributed by atoms with Gasteiger partial charge < -0.3 is 9.64 Å². The Bertz CT molecular complexity index is 851. The third kappa shape index (κ3) is 3.95. The van der Waals surface area contributed by atoms with E-state index in [-0.39, 0.29) is 17.4 Å². The second-order valence-electron chi connectivity index (χ2n) is 6.01. The summed E-state index contributed by atoms with van der Waals surface area (Å²) < 4.78 is 32.5. The number of carbonyl (C=O) groups excluding carboxylic acids is 1. The predicted octanol–water partition coefficient (Wildman–Crippen LogP) is 2.26. The minimum absolute atomic E-state index is 0.0563. The molecule has 0 atom stereocenters. The van der Waals surface area contributed by atoms with Gasteiger partial charge in [-0.1, -0.05) is 37.3 Å². The Morgan fingerprint density at radius 3 is 2.38 bits per heavy atom. The van der Waals surface area contributed by atoms with Gasteiger partial charge in [-0.2, -0.15) is 4.31 Å². The second-order valence-corrected chi connectivity index (χ2v) is 7.95. The van der Waals surface area contributed by atoms with Crippen LogP contribution >= 0.6 is 0 Å². The molecule has 3 rings (SSSR count). The summed E-state index contributed by atoms with van der Waals surface area (Å²) in [5, 5.41) is 0. The van der Waals surface area contributed by atoms with Gasteiger partial charge in [0.2, 0.25) is 10.0 Å². The Balaban J connectivity index is 1.80. The van der Waals surface area contributed by atoms with Crippen molar-refractivity contribution < 1.29 is 17.9 Å². The Labute approximate surface area is 154 Å². The number of benzene rings is 2. The van der Waals surface area contributed by atoms with Crippen LogP contribution in [0.1, 0.15) is 12.5 Å². The normalized spacial score (nSPS) is 15.5. The minimum Gasteiger partial charge on any atom is -0.370 e. The van der Waals surface area contributed by atoms with E-state index in [1.54, 1.807) is 29.2 Å². The molecule has 1 amide bonds. The van der Waals surface area contributed by atoms with Gasteiger partial charge in [-0.25, -0.2) is 8.42 Å². The number of sulfonamides is 1. The van der Waals surface area contributed by atoms with E-state index >= 15 is 0 Å². The van der Waals surface area contributed by atoms with Crippen LogP contribution < -0.4 is 4.90 Å². The molecule has 0 aromatic heterocycles. The lowest BCUT2D eigenvalue weighted by Crippen LogP contribution is -2.41. The molecule has 6 nitrogen and oxygen atoms in total. The van der Waals surface area contributed by atoms with Gasteiger partial charge in [0.05, 0.1) is 11.5 Å². The molecule has 1 saturated heterocycles. The number of carbonyl (C=O) groups is 1. The lowest BCUT2D eigenvalue weighted by Gasteiger charge is -2.27. The minimum atomic E-state index is -3.61. The quantitative estimate of drug-likeness (QED) is 0.778. The van der Waals surface area contributed by atoms with Crippen molar-refractivity contribution in [2.75, 3.05) is 31.2 Å². The number of rotatable bonds is 6. The zero-order chi connectivity index (χ0) is 18.6. The van der Waals surface area contributed by atoms with Gasteiger partial charge in [-0.05, 0) is 29.8 Å². The Kier molecular flexibility index (Phi) is 5.70. The number of hydrogen-bond donors (Lipinski definition) is 0. The molecule has 1 heterocycles. The molecular weight excluding hydrogens is 352 g/mol. The molecule has 0 saturated carbocycles. The number of ether oxygens (including phenoxy) is 1. The van der Waals surface area contributed by atoms with Crippen LogP contribution in [0.2, 0.25) is 0 Å². The molecule has 1 fully saturated rings. The third-order valence-corrected chi connectivity index (χ3v) is 6.26. The fourth-order valence-electron chi connectivity index (χ4n) is 2.89. The van der Waals surface area contributed by atoms with Gasteiger partial charge in [-0.15, -0.1) is 0 Å². The fraction of sp³-hybridized carbons (Fsp3) is 0.316. The topological polar surface area (TPSA) is 66.9 Å². The Morgan fingerprint density at radius 1 is 1.08 bits per heavy atom. The lowest BCUT2D eigenvalue weighted by atomic mass is 10.2. The zero-order valence-electron chi connectivity index (χ0n) is 14.7. The van der Waals surface area contributed by atoms with E-state index in [4.69, 9.17) is 4.74 Å². The van der Waals surface area contributed by atoms with E-state index in [0.29, 0.717) is 31.9 Å². The van der Waals surface area contributed by atoms with Crippen molar-refractivity contribution in [2.45, 2.75) is 18.4 Å². The van der Waals surface area contributed by atoms with Gasteiger partial charge >= 0.3 is 0 Å². The van der Waals surface area contributed by atoms with Gasteiger partial charge in [0, 0.05) is 25.3 Å². The first-order chi connectivity index (χ1) is 12.5. The van der Waals surface area contributed by atoms with E-state index in [1.807, 2.05) is 37.3 Å². The van der Waals surface area contributed by atoms with Crippen LogP contribution in [-0.2, 0) is 26.1 Å². The highest BCUT2D eigenvalue weighted by Gasteiger charge is 2.25. The van der Waals surface area contributed by atoms with E-state index in [0.717, 1.165) is 5.56 Å². The number of nitrogens with zero attached hydrogens (tertiary/aromatic N) is 2. The van der Waals surface area contributed by atoms with Crippen molar-refractivity contribution in [3.63, 3.8) is 0 Å². The van der Waals surface area contributed by atoms with Crippen LogP contribution in [-0.4, -0.2) is 44.9 Å². The van der Waals surface area contributed by atoms with Crippen molar-refractivity contribution in [2.24, 2.45) is 0 Å². The van der Waals surface area contributed by atoms with Crippen LogP contribution in [0.4, 0.5) is 5.69 Å². The molecule has 0 aliphatic carbocycles. The Hall–Kier alpha value is -2.22.